The molecular formula is C10H17N3. The molecule has 0 fully saturated rings. The number of unbranched alkanes of at least 4 members (excludes halogenated alkanes) is 2. The van der Waals surface area contributed by atoms with Crippen LogP contribution in [-0.4, -0.2) is 11.5 Å². The monoisotopic (exact) mass is 179 g/mol. The highest BCUT2D eigenvalue weighted by Gasteiger charge is 1.88. The molecule has 0 radical (unpaired) electrons. The molecule has 0 spiro atoms. The minimum absolute atomic E-state index is 1.01. The Balaban J connectivity index is 2.07. The van der Waals surface area contributed by atoms with Gasteiger partial charge in [-0.2, -0.15) is 0 Å². The summed E-state index contributed by atoms with van der Waals surface area (Å²) in [6.45, 7) is 3.21. The van der Waals surface area contributed by atoms with E-state index in [1.165, 1.54) is 19.3 Å². The maximum absolute atomic E-state index is 3.94. The van der Waals surface area contributed by atoms with Crippen LogP contribution in [0, 0.1) is 0 Å². The first-order valence-electron chi connectivity index (χ1n) is 4.82. The van der Waals surface area contributed by atoms with E-state index in [4.69, 9.17) is 0 Å². The molecule has 0 bridgehead atoms. The zero-order chi connectivity index (χ0) is 9.36. The van der Waals surface area contributed by atoms with Crippen molar-refractivity contribution in [1.82, 2.24) is 10.4 Å². The summed E-state index contributed by atoms with van der Waals surface area (Å²) >= 11 is 0. The Labute approximate surface area is 79.5 Å². The first-order chi connectivity index (χ1) is 6.43. The smallest absolute Gasteiger partial charge is 0.0518 e. The zero-order valence-corrected chi connectivity index (χ0v) is 8.09. The Bertz CT molecular complexity index is 211. The van der Waals surface area contributed by atoms with Crippen LogP contribution >= 0.6 is 0 Å². The van der Waals surface area contributed by atoms with Gasteiger partial charge in [-0.15, -0.1) is 0 Å². The molecule has 1 aromatic rings. The van der Waals surface area contributed by atoms with Crippen molar-refractivity contribution >= 4 is 5.69 Å². The van der Waals surface area contributed by atoms with Crippen LogP contribution in [0.2, 0.25) is 0 Å². The lowest BCUT2D eigenvalue weighted by atomic mass is 10.2. The molecule has 72 valence electrons. The topological polar surface area (TPSA) is 37.0 Å². The SMILES string of the molecule is CCCCCNNc1ccncc1. The zero-order valence-electron chi connectivity index (χ0n) is 8.09. The summed E-state index contributed by atoms with van der Waals surface area (Å²) in [5, 5.41) is 0. The molecule has 0 aliphatic rings. The Morgan fingerprint density at radius 1 is 1.23 bits per heavy atom. The van der Waals surface area contributed by atoms with Gasteiger partial charge in [-0.25, -0.2) is 5.43 Å². The molecule has 0 atom stereocenters. The van der Waals surface area contributed by atoms with Gasteiger partial charge in [-0.05, 0) is 18.6 Å². The molecule has 0 saturated carbocycles. The van der Waals surface area contributed by atoms with E-state index >= 15 is 0 Å². The van der Waals surface area contributed by atoms with Crippen LogP contribution in [0.3, 0.4) is 0 Å². The highest BCUT2D eigenvalue weighted by Crippen LogP contribution is 2.00. The van der Waals surface area contributed by atoms with Crippen LogP contribution in [-0.2, 0) is 0 Å². The Hall–Kier alpha value is -1.09. The van der Waals surface area contributed by atoms with Crippen molar-refractivity contribution in [3.8, 4) is 0 Å². The van der Waals surface area contributed by atoms with E-state index in [2.05, 4.69) is 22.8 Å². The first-order valence-corrected chi connectivity index (χ1v) is 4.82. The highest BCUT2D eigenvalue weighted by atomic mass is 15.3. The second-order valence-electron chi connectivity index (χ2n) is 2.99. The molecule has 0 amide bonds. The van der Waals surface area contributed by atoms with E-state index in [9.17, 15) is 0 Å². The van der Waals surface area contributed by atoms with Crippen molar-refractivity contribution in [2.24, 2.45) is 0 Å². The minimum Gasteiger partial charge on any atom is -0.321 e. The van der Waals surface area contributed by atoms with Gasteiger partial charge in [0.05, 0.1) is 5.69 Å². The standard InChI is InChI=1S/C10H17N3/c1-2-3-4-7-12-13-10-5-8-11-9-6-10/h5-6,8-9,12H,2-4,7H2,1H3,(H,11,13). The van der Waals surface area contributed by atoms with E-state index in [1.54, 1.807) is 12.4 Å². The average molecular weight is 179 g/mol. The van der Waals surface area contributed by atoms with Crippen LogP contribution in [0.1, 0.15) is 26.2 Å². The van der Waals surface area contributed by atoms with Crippen LogP contribution in [0.5, 0.6) is 0 Å². The maximum Gasteiger partial charge on any atom is 0.0518 e. The number of rotatable bonds is 6. The number of aromatic nitrogens is 1. The predicted molar refractivity (Wildman–Crippen MR) is 55.4 cm³/mol. The second kappa shape index (κ2) is 6.43. The molecular weight excluding hydrogens is 162 g/mol. The highest BCUT2D eigenvalue weighted by molar-refractivity contribution is 5.39. The van der Waals surface area contributed by atoms with Crippen LogP contribution in [0.15, 0.2) is 24.5 Å². The fourth-order valence-electron chi connectivity index (χ4n) is 1.06. The summed E-state index contributed by atoms with van der Waals surface area (Å²) in [5.74, 6) is 0. The third kappa shape index (κ3) is 4.48. The normalized spacial score (nSPS) is 9.92. The maximum atomic E-state index is 3.94. The van der Waals surface area contributed by atoms with Gasteiger partial charge in [-0.1, -0.05) is 19.8 Å². The molecule has 1 aromatic heterocycles. The summed E-state index contributed by atoms with van der Waals surface area (Å²) in [6.07, 6.45) is 7.31. The molecule has 13 heavy (non-hydrogen) atoms. The Morgan fingerprint density at radius 3 is 2.69 bits per heavy atom. The van der Waals surface area contributed by atoms with Crippen LogP contribution in [0.25, 0.3) is 0 Å². The van der Waals surface area contributed by atoms with Crippen molar-refractivity contribution in [2.45, 2.75) is 26.2 Å². The largest absolute Gasteiger partial charge is 0.321 e. The number of nitrogens with one attached hydrogen (secondary N) is 2. The number of hydrogen-bond acceptors (Lipinski definition) is 3. The van der Waals surface area contributed by atoms with E-state index in [1.807, 2.05) is 12.1 Å². The first kappa shape index (κ1) is 9.99. The molecule has 3 heteroatoms. The molecule has 2 N–H and O–H groups in total. The van der Waals surface area contributed by atoms with E-state index < -0.39 is 0 Å². The molecule has 0 aliphatic heterocycles. The van der Waals surface area contributed by atoms with Crippen molar-refractivity contribution < 1.29 is 0 Å². The number of nitrogens with zero attached hydrogens (tertiary/aromatic N) is 1. The lowest BCUT2D eigenvalue weighted by molar-refractivity contribution is 0.662. The van der Waals surface area contributed by atoms with Crippen molar-refractivity contribution in [1.29, 1.82) is 0 Å². The summed E-state index contributed by atoms with van der Waals surface area (Å²) in [6, 6.07) is 3.87. The van der Waals surface area contributed by atoms with Gasteiger partial charge in [0.25, 0.3) is 0 Å². The predicted octanol–water partition coefficient (Wildman–Crippen LogP) is 2.19. The minimum atomic E-state index is 1.01. The van der Waals surface area contributed by atoms with Crippen molar-refractivity contribution in [2.75, 3.05) is 12.0 Å². The second-order valence-corrected chi connectivity index (χ2v) is 2.99. The average Bonchev–Trinajstić information content (AvgIpc) is 2.19. The molecule has 0 saturated heterocycles. The van der Waals surface area contributed by atoms with E-state index in [-0.39, 0.29) is 0 Å². The summed E-state index contributed by atoms with van der Waals surface area (Å²) in [4.78, 5) is 3.94. The summed E-state index contributed by atoms with van der Waals surface area (Å²) in [7, 11) is 0. The number of hydrogen-bond donors (Lipinski definition) is 2. The van der Waals surface area contributed by atoms with Gasteiger partial charge in [0.15, 0.2) is 0 Å². The Kier molecular flexibility index (Phi) is 4.94. The lowest BCUT2D eigenvalue weighted by Crippen LogP contribution is -2.22. The molecule has 0 unspecified atom stereocenters. The third-order valence-electron chi connectivity index (χ3n) is 1.82. The van der Waals surface area contributed by atoms with E-state index in [0.717, 1.165) is 12.2 Å². The van der Waals surface area contributed by atoms with Crippen LogP contribution < -0.4 is 10.9 Å². The van der Waals surface area contributed by atoms with Gasteiger partial charge in [0, 0.05) is 18.9 Å². The third-order valence-corrected chi connectivity index (χ3v) is 1.82. The van der Waals surface area contributed by atoms with Gasteiger partial charge in [0.1, 0.15) is 0 Å². The fraction of sp³-hybridized carbons (Fsp3) is 0.500. The number of pyridine rings is 1. The molecule has 3 nitrogen and oxygen atoms in total. The molecule has 0 aliphatic carbocycles. The molecule has 0 aromatic carbocycles. The van der Waals surface area contributed by atoms with Gasteiger partial charge in [-0.3, -0.25) is 4.98 Å². The van der Waals surface area contributed by atoms with Crippen molar-refractivity contribution in [3.63, 3.8) is 0 Å². The van der Waals surface area contributed by atoms with Gasteiger partial charge in [0.2, 0.25) is 0 Å². The fourth-order valence-corrected chi connectivity index (χ4v) is 1.06. The van der Waals surface area contributed by atoms with Gasteiger partial charge < -0.3 is 5.43 Å². The number of anilines is 1. The summed E-state index contributed by atoms with van der Waals surface area (Å²) in [5.41, 5.74) is 7.33. The summed E-state index contributed by atoms with van der Waals surface area (Å²) < 4.78 is 0. The van der Waals surface area contributed by atoms with E-state index in [0.29, 0.717) is 0 Å². The Morgan fingerprint density at radius 2 is 2.00 bits per heavy atom. The lowest BCUT2D eigenvalue weighted by Gasteiger charge is -2.06. The number of hydrazine groups is 1. The quantitative estimate of drug-likeness (QED) is 0.519. The molecule has 1 heterocycles. The van der Waals surface area contributed by atoms with Crippen LogP contribution in [0.4, 0.5) is 5.69 Å². The van der Waals surface area contributed by atoms with Gasteiger partial charge >= 0.3 is 0 Å². The van der Waals surface area contributed by atoms with Crippen molar-refractivity contribution in [3.05, 3.63) is 24.5 Å². The molecule has 1 rings (SSSR count).